The molecule has 2 N–H and O–H groups in total. The number of fused-ring (bicyclic) bond motifs is 3. The summed E-state index contributed by atoms with van der Waals surface area (Å²) in [4.78, 5) is 0. The second-order valence-electron chi connectivity index (χ2n) is 4.79. The summed E-state index contributed by atoms with van der Waals surface area (Å²) in [6, 6.07) is 6.46. The molecule has 1 aromatic heterocycles. The third-order valence-corrected chi connectivity index (χ3v) is 3.82. The molecule has 3 heteroatoms. The lowest BCUT2D eigenvalue weighted by Gasteiger charge is -2.22. The summed E-state index contributed by atoms with van der Waals surface area (Å²) in [6.45, 7) is 3.25. The van der Waals surface area contributed by atoms with E-state index in [0.29, 0.717) is 0 Å². The summed E-state index contributed by atoms with van der Waals surface area (Å²) in [5.41, 5.74) is 10.1. The zero-order valence-corrected chi connectivity index (χ0v) is 10.4. The Bertz CT molecular complexity index is 571. The van der Waals surface area contributed by atoms with Gasteiger partial charge in [-0.3, -0.25) is 0 Å². The van der Waals surface area contributed by atoms with E-state index in [1.165, 1.54) is 28.6 Å². The normalized spacial score (nSPS) is 19.4. The van der Waals surface area contributed by atoms with Crippen molar-refractivity contribution in [2.45, 2.75) is 32.4 Å². The molecule has 0 spiro atoms. The molecule has 0 aliphatic carbocycles. The van der Waals surface area contributed by atoms with E-state index < -0.39 is 0 Å². The predicted octanol–water partition coefficient (Wildman–Crippen LogP) is 2.75. The molecule has 0 saturated carbocycles. The number of hydrogen-bond acceptors (Lipinski definition) is 2. The van der Waals surface area contributed by atoms with Gasteiger partial charge in [0.1, 0.15) is 5.75 Å². The van der Waals surface area contributed by atoms with Crippen LogP contribution in [0.15, 0.2) is 18.2 Å². The number of ether oxygens (including phenoxy) is 1. The van der Waals surface area contributed by atoms with E-state index in [4.69, 9.17) is 10.5 Å². The van der Waals surface area contributed by atoms with Gasteiger partial charge in [0, 0.05) is 29.2 Å². The van der Waals surface area contributed by atoms with Crippen molar-refractivity contribution in [1.82, 2.24) is 4.57 Å². The van der Waals surface area contributed by atoms with Crippen molar-refractivity contribution in [3.8, 4) is 5.75 Å². The van der Waals surface area contributed by atoms with Crippen LogP contribution in [0.1, 0.15) is 30.1 Å². The first-order valence-electron chi connectivity index (χ1n) is 6.14. The fourth-order valence-corrected chi connectivity index (χ4v) is 2.97. The average molecular weight is 230 g/mol. The number of aryl methyl sites for hydroxylation is 2. The predicted molar refractivity (Wildman–Crippen MR) is 69.4 cm³/mol. The number of nitrogens with two attached hydrogens (primary N) is 1. The number of rotatable bonds is 1. The highest BCUT2D eigenvalue weighted by Gasteiger charge is 2.22. The summed E-state index contributed by atoms with van der Waals surface area (Å²) < 4.78 is 7.67. The maximum absolute atomic E-state index is 6.23. The lowest BCUT2D eigenvalue weighted by atomic mass is 10.0. The maximum Gasteiger partial charge on any atom is 0.119 e. The first kappa shape index (κ1) is 10.7. The molecule has 1 aliphatic rings. The Morgan fingerprint density at radius 3 is 3.00 bits per heavy atom. The molecule has 3 rings (SSSR count). The van der Waals surface area contributed by atoms with Crippen molar-refractivity contribution in [2.24, 2.45) is 5.73 Å². The van der Waals surface area contributed by atoms with Crippen molar-refractivity contribution in [1.29, 1.82) is 0 Å². The highest BCUT2D eigenvalue weighted by molar-refractivity contribution is 5.87. The van der Waals surface area contributed by atoms with Gasteiger partial charge in [0.2, 0.25) is 0 Å². The number of aromatic nitrogens is 1. The number of methoxy groups -OCH3 is 1. The van der Waals surface area contributed by atoms with Crippen molar-refractivity contribution in [2.75, 3.05) is 7.11 Å². The largest absolute Gasteiger partial charge is 0.497 e. The minimum absolute atomic E-state index is 0.183. The first-order valence-corrected chi connectivity index (χ1v) is 6.14. The summed E-state index contributed by atoms with van der Waals surface area (Å²) in [6.07, 6.45) is 2.26. The van der Waals surface area contributed by atoms with E-state index in [9.17, 15) is 0 Å². The number of hydrogen-bond donors (Lipinski definition) is 1. The molecule has 3 nitrogen and oxygen atoms in total. The Morgan fingerprint density at radius 1 is 1.41 bits per heavy atom. The molecule has 90 valence electrons. The van der Waals surface area contributed by atoms with Gasteiger partial charge in [0.15, 0.2) is 0 Å². The van der Waals surface area contributed by atoms with Gasteiger partial charge < -0.3 is 15.0 Å². The average Bonchev–Trinajstić information content (AvgIpc) is 2.64. The summed E-state index contributed by atoms with van der Waals surface area (Å²) >= 11 is 0. The van der Waals surface area contributed by atoms with E-state index in [-0.39, 0.29) is 6.04 Å². The molecule has 17 heavy (non-hydrogen) atoms. The van der Waals surface area contributed by atoms with Crippen molar-refractivity contribution in [3.05, 3.63) is 29.5 Å². The van der Waals surface area contributed by atoms with Crippen LogP contribution in [-0.4, -0.2) is 11.7 Å². The zero-order valence-electron chi connectivity index (χ0n) is 10.4. The Balaban J connectivity index is 2.32. The van der Waals surface area contributed by atoms with Crippen LogP contribution >= 0.6 is 0 Å². The molecule has 1 aliphatic heterocycles. The molecular weight excluding hydrogens is 212 g/mol. The van der Waals surface area contributed by atoms with E-state index in [2.05, 4.69) is 23.6 Å². The molecule has 2 aromatic rings. The van der Waals surface area contributed by atoms with Gasteiger partial charge in [-0.15, -0.1) is 0 Å². The third-order valence-electron chi connectivity index (χ3n) is 3.82. The van der Waals surface area contributed by atoms with Crippen LogP contribution in [0.5, 0.6) is 5.75 Å². The first-order chi connectivity index (χ1) is 8.22. The molecular formula is C14H18N2O. The molecule has 0 fully saturated rings. The second-order valence-corrected chi connectivity index (χ2v) is 4.79. The monoisotopic (exact) mass is 230 g/mol. The van der Waals surface area contributed by atoms with Crippen LogP contribution in [0.25, 0.3) is 10.9 Å². The SMILES string of the molecule is COc1ccc2c(c1)c(C)c1n2CCCC1N. The van der Waals surface area contributed by atoms with E-state index in [0.717, 1.165) is 18.7 Å². The summed E-state index contributed by atoms with van der Waals surface area (Å²) in [5.74, 6) is 0.914. The third kappa shape index (κ3) is 1.46. The topological polar surface area (TPSA) is 40.2 Å². The van der Waals surface area contributed by atoms with Gasteiger partial charge in [-0.1, -0.05) is 0 Å². The Hall–Kier alpha value is -1.48. The zero-order chi connectivity index (χ0) is 12.0. The molecule has 0 radical (unpaired) electrons. The van der Waals surface area contributed by atoms with E-state index in [1.807, 2.05) is 6.07 Å². The van der Waals surface area contributed by atoms with Gasteiger partial charge in [0.05, 0.1) is 7.11 Å². The minimum Gasteiger partial charge on any atom is -0.497 e. The van der Waals surface area contributed by atoms with E-state index >= 15 is 0 Å². The molecule has 0 saturated heterocycles. The smallest absolute Gasteiger partial charge is 0.119 e. The van der Waals surface area contributed by atoms with Crippen molar-refractivity contribution < 1.29 is 4.74 Å². The van der Waals surface area contributed by atoms with Crippen LogP contribution in [0, 0.1) is 6.92 Å². The quantitative estimate of drug-likeness (QED) is 0.818. The van der Waals surface area contributed by atoms with Crippen LogP contribution in [-0.2, 0) is 6.54 Å². The fourth-order valence-electron chi connectivity index (χ4n) is 2.97. The molecule has 1 unspecified atom stereocenters. The van der Waals surface area contributed by atoms with Crippen molar-refractivity contribution >= 4 is 10.9 Å². The van der Waals surface area contributed by atoms with Gasteiger partial charge in [-0.2, -0.15) is 0 Å². The Kier molecular flexibility index (Phi) is 2.37. The van der Waals surface area contributed by atoms with E-state index in [1.54, 1.807) is 7.11 Å². The standard InChI is InChI=1S/C14H18N2O/c1-9-11-8-10(17-2)5-6-13(11)16-7-3-4-12(15)14(9)16/h5-6,8,12H,3-4,7,15H2,1-2H3. The van der Waals surface area contributed by atoms with Gasteiger partial charge in [-0.25, -0.2) is 0 Å². The number of benzene rings is 1. The molecule has 1 atom stereocenters. The van der Waals surface area contributed by atoms with Crippen LogP contribution in [0.3, 0.4) is 0 Å². The highest BCUT2D eigenvalue weighted by atomic mass is 16.5. The van der Waals surface area contributed by atoms with Gasteiger partial charge >= 0.3 is 0 Å². The van der Waals surface area contributed by atoms with Crippen LogP contribution in [0.2, 0.25) is 0 Å². The molecule has 0 amide bonds. The fraction of sp³-hybridized carbons (Fsp3) is 0.429. The van der Waals surface area contributed by atoms with Crippen LogP contribution in [0.4, 0.5) is 0 Å². The Morgan fingerprint density at radius 2 is 2.24 bits per heavy atom. The maximum atomic E-state index is 6.23. The van der Waals surface area contributed by atoms with Crippen LogP contribution < -0.4 is 10.5 Å². The van der Waals surface area contributed by atoms with Gasteiger partial charge in [0.25, 0.3) is 0 Å². The molecule has 0 bridgehead atoms. The summed E-state index contributed by atoms with van der Waals surface area (Å²) in [5, 5.41) is 1.27. The second kappa shape index (κ2) is 3.77. The lowest BCUT2D eigenvalue weighted by molar-refractivity contribution is 0.415. The Labute approximate surface area is 101 Å². The highest BCUT2D eigenvalue weighted by Crippen LogP contribution is 2.35. The van der Waals surface area contributed by atoms with Gasteiger partial charge in [-0.05, 0) is 43.5 Å². The van der Waals surface area contributed by atoms with Crippen molar-refractivity contribution in [3.63, 3.8) is 0 Å². The summed E-state index contributed by atoms with van der Waals surface area (Å²) in [7, 11) is 1.71. The lowest BCUT2D eigenvalue weighted by Crippen LogP contribution is -2.21. The minimum atomic E-state index is 0.183. The molecule has 2 heterocycles. The number of nitrogens with zero attached hydrogens (tertiary/aromatic N) is 1. The molecule has 1 aromatic carbocycles.